The minimum atomic E-state index is -1.11. The molecule has 106 valence electrons. The van der Waals surface area contributed by atoms with E-state index in [1.807, 2.05) is 0 Å². The number of thiazole rings is 1. The zero-order valence-corrected chi connectivity index (χ0v) is 11.6. The van der Waals surface area contributed by atoms with Gasteiger partial charge in [-0.2, -0.15) is 0 Å². The van der Waals surface area contributed by atoms with Gasteiger partial charge in [0.1, 0.15) is 5.69 Å². The summed E-state index contributed by atoms with van der Waals surface area (Å²) in [6.07, 6.45) is 1.72. The van der Waals surface area contributed by atoms with Crippen LogP contribution >= 0.6 is 11.3 Å². The molecule has 0 aliphatic heterocycles. The number of hydrogen-bond acceptors (Lipinski definition) is 6. The molecule has 0 aliphatic rings. The number of hydrogen-bond donors (Lipinski definition) is 2. The lowest BCUT2D eigenvalue weighted by Crippen LogP contribution is -2.05. The van der Waals surface area contributed by atoms with E-state index in [0.29, 0.717) is 23.5 Å². The summed E-state index contributed by atoms with van der Waals surface area (Å²) in [6.45, 7) is 0.421. The minimum absolute atomic E-state index is 0.0794. The zero-order valence-electron chi connectivity index (χ0n) is 10.8. The molecular weight excluding hydrogens is 290 g/mol. The summed E-state index contributed by atoms with van der Waals surface area (Å²) >= 11 is 1.47. The van der Waals surface area contributed by atoms with E-state index in [-0.39, 0.29) is 5.69 Å². The Bertz CT molecular complexity index is 764. The number of nitrogen functional groups attached to an aromatic ring is 1. The normalized spacial score (nSPS) is 10.7. The molecule has 0 atom stereocenters. The van der Waals surface area contributed by atoms with Crippen LogP contribution in [0, 0.1) is 0 Å². The lowest BCUT2D eigenvalue weighted by Gasteiger charge is -2.06. The predicted molar refractivity (Wildman–Crippen MR) is 78.0 cm³/mol. The molecule has 0 unspecified atom stereocenters. The average Bonchev–Trinajstić information content (AvgIpc) is 3.10. The van der Waals surface area contributed by atoms with Crippen molar-refractivity contribution in [2.45, 2.75) is 6.54 Å². The van der Waals surface area contributed by atoms with Crippen LogP contribution in [0.1, 0.15) is 15.4 Å². The molecule has 3 N–H and O–H groups in total. The molecule has 0 saturated carbocycles. The maximum atomic E-state index is 11.3. The number of carboxylic acids is 1. The summed E-state index contributed by atoms with van der Waals surface area (Å²) in [4.78, 5) is 16.3. The summed E-state index contributed by atoms with van der Waals surface area (Å²) in [6, 6.07) is 6.93. The number of benzene rings is 1. The second-order valence-electron chi connectivity index (χ2n) is 4.34. The standard InChI is InChI=1S/C13H11N5O2S/c14-9-3-1-8(2-4-9)12-11(13(19)20)16-17-18(12)6-10-5-15-7-21-10/h1-5,7H,6,14H2,(H,19,20). The van der Waals surface area contributed by atoms with Crippen molar-refractivity contribution in [1.29, 1.82) is 0 Å². The molecule has 3 aromatic rings. The van der Waals surface area contributed by atoms with Gasteiger partial charge >= 0.3 is 5.97 Å². The molecular formula is C13H11N5O2S. The fourth-order valence-electron chi connectivity index (χ4n) is 1.96. The fourth-order valence-corrected chi connectivity index (χ4v) is 2.54. The molecule has 8 heteroatoms. The Balaban J connectivity index is 2.08. The van der Waals surface area contributed by atoms with E-state index >= 15 is 0 Å². The largest absolute Gasteiger partial charge is 0.476 e. The van der Waals surface area contributed by atoms with Crippen LogP contribution in [0.4, 0.5) is 5.69 Å². The third kappa shape index (κ3) is 2.61. The van der Waals surface area contributed by atoms with Crippen molar-refractivity contribution in [1.82, 2.24) is 20.0 Å². The highest BCUT2D eigenvalue weighted by Gasteiger charge is 2.20. The maximum Gasteiger partial charge on any atom is 0.358 e. The Hall–Kier alpha value is -2.74. The van der Waals surface area contributed by atoms with Gasteiger partial charge < -0.3 is 10.8 Å². The van der Waals surface area contributed by atoms with E-state index in [0.717, 1.165) is 4.88 Å². The van der Waals surface area contributed by atoms with Crippen molar-refractivity contribution < 1.29 is 9.90 Å². The molecule has 2 aromatic heterocycles. The van der Waals surface area contributed by atoms with Gasteiger partial charge in [-0.05, 0) is 12.1 Å². The van der Waals surface area contributed by atoms with Crippen LogP contribution in [-0.4, -0.2) is 31.1 Å². The molecule has 0 bridgehead atoms. The summed E-state index contributed by atoms with van der Waals surface area (Å²) in [5, 5.41) is 17.0. The van der Waals surface area contributed by atoms with Gasteiger partial charge in [-0.15, -0.1) is 16.4 Å². The van der Waals surface area contributed by atoms with Crippen LogP contribution < -0.4 is 5.73 Å². The molecule has 7 nitrogen and oxygen atoms in total. The summed E-state index contributed by atoms with van der Waals surface area (Å²) < 4.78 is 1.56. The summed E-state index contributed by atoms with van der Waals surface area (Å²) in [5.41, 5.74) is 9.07. The second-order valence-corrected chi connectivity index (χ2v) is 5.31. The number of carboxylic acid groups (broad SMARTS) is 1. The molecule has 0 radical (unpaired) electrons. The predicted octanol–water partition coefficient (Wildman–Crippen LogP) is 1.73. The number of aromatic carboxylic acids is 1. The average molecular weight is 301 g/mol. The highest BCUT2D eigenvalue weighted by atomic mass is 32.1. The molecule has 2 heterocycles. The smallest absolute Gasteiger partial charge is 0.358 e. The van der Waals surface area contributed by atoms with Gasteiger partial charge in [0.2, 0.25) is 0 Å². The van der Waals surface area contributed by atoms with Crippen molar-refractivity contribution in [2.24, 2.45) is 0 Å². The highest BCUT2D eigenvalue weighted by Crippen LogP contribution is 2.24. The van der Waals surface area contributed by atoms with E-state index in [1.54, 1.807) is 40.7 Å². The van der Waals surface area contributed by atoms with Gasteiger partial charge in [-0.3, -0.25) is 4.98 Å². The summed E-state index contributed by atoms with van der Waals surface area (Å²) in [5.74, 6) is -1.11. The summed E-state index contributed by atoms with van der Waals surface area (Å²) in [7, 11) is 0. The number of carbonyl (C=O) groups is 1. The quantitative estimate of drug-likeness (QED) is 0.711. The van der Waals surface area contributed by atoms with E-state index in [2.05, 4.69) is 15.3 Å². The molecule has 3 rings (SSSR count). The molecule has 1 aromatic carbocycles. The maximum absolute atomic E-state index is 11.3. The lowest BCUT2D eigenvalue weighted by atomic mass is 10.1. The van der Waals surface area contributed by atoms with Crippen LogP contribution in [0.25, 0.3) is 11.3 Å². The number of rotatable bonds is 4. The van der Waals surface area contributed by atoms with Gasteiger partial charge in [-0.25, -0.2) is 9.48 Å². The SMILES string of the molecule is Nc1ccc(-c2c(C(=O)O)nnn2Cc2cncs2)cc1. The zero-order chi connectivity index (χ0) is 14.8. The number of nitrogens with zero attached hydrogens (tertiary/aromatic N) is 4. The first-order valence-corrected chi connectivity index (χ1v) is 6.93. The Morgan fingerprint density at radius 2 is 2.10 bits per heavy atom. The van der Waals surface area contributed by atoms with Crippen molar-refractivity contribution in [2.75, 3.05) is 5.73 Å². The molecule has 0 saturated heterocycles. The second kappa shape index (κ2) is 5.33. The first-order valence-electron chi connectivity index (χ1n) is 6.05. The van der Waals surface area contributed by atoms with Crippen LogP contribution in [0.15, 0.2) is 36.0 Å². The molecule has 0 fully saturated rings. The lowest BCUT2D eigenvalue weighted by molar-refractivity contribution is 0.0691. The van der Waals surface area contributed by atoms with Gasteiger partial charge in [0.25, 0.3) is 0 Å². The Kier molecular flexibility index (Phi) is 3.36. The van der Waals surface area contributed by atoms with Gasteiger partial charge in [0.05, 0.1) is 12.1 Å². The van der Waals surface area contributed by atoms with Gasteiger partial charge in [-0.1, -0.05) is 17.3 Å². The van der Waals surface area contributed by atoms with Gasteiger partial charge in [0, 0.05) is 22.3 Å². The van der Waals surface area contributed by atoms with E-state index in [9.17, 15) is 9.90 Å². The van der Waals surface area contributed by atoms with Crippen molar-refractivity contribution in [3.8, 4) is 11.3 Å². The van der Waals surface area contributed by atoms with E-state index in [1.165, 1.54) is 11.3 Å². The molecule has 0 amide bonds. The highest BCUT2D eigenvalue weighted by molar-refractivity contribution is 7.09. The number of anilines is 1. The van der Waals surface area contributed by atoms with Crippen LogP contribution in [-0.2, 0) is 6.54 Å². The van der Waals surface area contributed by atoms with Crippen LogP contribution in [0.5, 0.6) is 0 Å². The molecule has 0 spiro atoms. The third-order valence-corrected chi connectivity index (χ3v) is 3.68. The Morgan fingerprint density at radius 3 is 2.71 bits per heavy atom. The number of nitrogens with two attached hydrogens (primary N) is 1. The third-order valence-electron chi connectivity index (χ3n) is 2.91. The van der Waals surface area contributed by atoms with E-state index in [4.69, 9.17) is 5.73 Å². The minimum Gasteiger partial charge on any atom is -0.476 e. The topological polar surface area (TPSA) is 107 Å². The van der Waals surface area contributed by atoms with Crippen molar-refractivity contribution in [3.63, 3.8) is 0 Å². The van der Waals surface area contributed by atoms with Crippen LogP contribution in [0.2, 0.25) is 0 Å². The van der Waals surface area contributed by atoms with Gasteiger partial charge in [0.15, 0.2) is 5.69 Å². The van der Waals surface area contributed by atoms with E-state index < -0.39 is 5.97 Å². The van der Waals surface area contributed by atoms with Crippen molar-refractivity contribution >= 4 is 23.0 Å². The first-order chi connectivity index (χ1) is 10.1. The molecule has 21 heavy (non-hydrogen) atoms. The Morgan fingerprint density at radius 1 is 1.33 bits per heavy atom. The molecule has 0 aliphatic carbocycles. The van der Waals surface area contributed by atoms with Crippen LogP contribution in [0.3, 0.4) is 0 Å². The fraction of sp³-hybridized carbons (Fsp3) is 0.0769. The Labute approximate surface area is 123 Å². The van der Waals surface area contributed by atoms with Crippen molar-refractivity contribution in [3.05, 3.63) is 46.5 Å². The first kappa shape index (κ1) is 13.3. The number of aromatic nitrogens is 4. The monoisotopic (exact) mass is 301 g/mol.